The normalized spacial score (nSPS) is 10.5. The number of carbonyl (C=O) groups excluding carboxylic acids is 1. The molecule has 0 unspecified atom stereocenters. The predicted octanol–water partition coefficient (Wildman–Crippen LogP) is 3.95. The number of halogens is 1. The lowest BCUT2D eigenvalue weighted by molar-refractivity contribution is 0.102. The third-order valence-electron chi connectivity index (χ3n) is 2.98. The van der Waals surface area contributed by atoms with Gasteiger partial charge in [-0.05, 0) is 36.6 Å². The number of nitrogens with one attached hydrogen (secondary N) is 2. The van der Waals surface area contributed by atoms with Crippen LogP contribution in [0.3, 0.4) is 0 Å². The van der Waals surface area contributed by atoms with E-state index in [1.165, 1.54) is 0 Å². The summed E-state index contributed by atoms with van der Waals surface area (Å²) >= 11 is 3.37. The lowest BCUT2D eigenvalue weighted by Gasteiger charge is -2.08. The van der Waals surface area contributed by atoms with Gasteiger partial charge in [0.25, 0.3) is 5.91 Å². The van der Waals surface area contributed by atoms with Gasteiger partial charge < -0.3 is 10.6 Å². The molecule has 22 heavy (non-hydrogen) atoms. The molecular formula is C16H19BrN4O. The second-order valence-electron chi connectivity index (χ2n) is 5.34. The number of anilines is 2. The Bertz CT molecular complexity index is 646. The molecule has 1 amide bonds. The molecule has 0 saturated heterocycles. The first-order chi connectivity index (χ1) is 10.5. The number of carbonyl (C=O) groups is 1. The fourth-order valence-corrected chi connectivity index (χ4v) is 2.20. The molecule has 1 aromatic heterocycles. The Balaban J connectivity index is 2.00. The highest BCUT2D eigenvalue weighted by atomic mass is 79.9. The fourth-order valence-electron chi connectivity index (χ4n) is 1.80. The van der Waals surface area contributed by atoms with Crippen LogP contribution in [0.2, 0.25) is 0 Å². The molecule has 0 aliphatic carbocycles. The zero-order valence-electron chi connectivity index (χ0n) is 12.6. The van der Waals surface area contributed by atoms with E-state index in [4.69, 9.17) is 0 Å². The molecule has 0 fully saturated rings. The van der Waals surface area contributed by atoms with Crippen molar-refractivity contribution in [3.63, 3.8) is 0 Å². The topological polar surface area (TPSA) is 66.9 Å². The first-order valence-electron chi connectivity index (χ1n) is 7.18. The maximum absolute atomic E-state index is 12.2. The summed E-state index contributed by atoms with van der Waals surface area (Å²) in [6.07, 6.45) is 2.61. The van der Waals surface area contributed by atoms with Crippen LogP contribution in [0.5, 0.6) is 0 Å². The van der Waals surface area contributed by atoms with Gasteiger partial charge in [0.05, 0.1) is 0 Å². The minimum atomic E-state index is -0.257. The van der Waals surface area contributed by atoms with Crippen molar-refractivity contribution in [1.29, 1.82) is 0 Å². The van der Waals surface area contributed by atoms with Crippen molar-refractivity contribution in [2.24, 2.45) is 5.92 Å². The highest BCUT2D eigenvalue weighted by Gasteiger charge is 2.09. The Hall–Kier alpha value is -1.95. The minimum Gasteiger partial charge on any atom is -0.354 e. The molecule has 0 aliphatic heterocycles. The minimum absolute atomic E-state index is 0.257. The van der Waals surface area contributed by atoms with Crippen molar-refractivity contribution in [2.75, 3.05) is 17.2 Å². The fraction of sp³-hybridized carbons (Fsp3) is 0.312. The maximum Gasteiger partial charge on any atom is 0.274 e. The van der Waals surface area contributed by atoms with E-state index in [0.29, 0.717) is 23.2 Å². The third kappa shape index (κ3) is 5.11. The second kappa shape index (κ2) is 7.89. The van der Waals surface area contributed by atoms with Crippen LogP contribution in [0.1, 0.15) is 30.8 Å². The molecule has 2 rings (SSSR count). The molecule has 1 aromatic carbocycles. The SMILES string of the molecule is CC(C)CCNc1nccc(C(=O)Nc2cccc(Br)c2)n1. The van der Waals surface area contributed by atoms with E-state index in [1.54, 1.807) is 12.3 Å². The van der Waals surface area contributed by atoms with E-state index in [9.17, 15) is 4.79 Å². The van der Waals surface area contributed by atoms with Gasteiger partial charge in [0, 0.05) is 22.9 Å². The zero-order chi connectivity index (χ0) is 15.9. The van der Waals surface area contributed by atoms with Crippen molar-refractivity contribution in [2.45, 2.75) is 20.3 Å². The number of nitrogens with zero attached hydrogens (tertiary/aromatic N) is 2. The van der Waals surface area contributed by atoms with Crippen molar-refractivity contribution in [1.82, 2.24) is 9.97 Å². The summed E-state index contributed by atoms with van der Waals surface area (Å²) in [7, 11) is 0. The molecule has 0 saturated carbocycles. The van der Waals surface area contributed by atoms with Gasteiger partial charge in [0.2, 0.25) is 5.95 Å². The first kappa shape index (κ1) is 16.4. The summed E-state index contributed by atoms with van der Waals surface area (Å²) in [6.45, 7) is 5.10. The van der Waals surface area contributed by atoms with Crippen LogP contribution in [-0.4, -0.2) is 22.4 Å². The number of hydrogen-bond acceptors (Lipinski definition) is 4. The molecule has 0 radical (unpaired) electrons. The Morgan fingerprint density at radius 1 is 1.32 bits per heavy atom. The van der Waals surface area contributed by atoms with Crippen molar-refractivity contribution in [3.05, 3.63) is 46.7 Å². The van der Waals surface area contributed by atoms with Crippen molar-refractivity contribution >= 4 is 33.5 Å². The van der Waals surface area contributed by atoms with Crippen LogP contribution < -0.4 is 10.6 Å². The molecule has 1 heterocycles. The van der Waals surface area contributed by atoms with Gasteiger partial charge in [0.1, 0.15) is 5.69 Å². The van der Waals surface area contributed by atoms with E-state index >= 15 is 0 Å². The van der Waals surface area contributed by atoms with Crippen LogP contribution in [-0.2, 0) is 0 Å². The van der Waals surface area contributed by atoms with Crippen molar-refractivity contribution in [3.8, 4) is 0 Å². The molecule has 116 valence electrons. The largest absolute Gasteiger partial charge is 0.354 e. The summed E-state index contributed by atoms with van der Waals surface area (Å²) in [5, 5.41) is 5.95. The Morgan fingerprint density at radius 3 is 2.86 bits per heavy atom. The van der Waals surface area contributed by atoms with Crippen LogP contribution in [0, 0.1) is 5.92 Å². The number of rotatable bonds is 6. The van der Waals surface area contributed by atoms with Crippen LogP contribution in [0.15, 0.2) is 41.0 Å². The van der Waals surface area contributed by atoms with Gasteiger partial charge in [-0.3, -0.25) is 4.79 Å². The molecule has 0 atom stereocenters. The molecule has 0 spiro atoms. The molecule has 6 heteroatoms. The number of amides is 1. The van der Waals surface area contributed by atoms with Gasteiger partial charge >= 0.3 is 0 Å². The summed E-state index contributed by atoms with van der Waals surface area (Å²) in [4.78, 5) is 20.6. The molecule has 0 aliphatic rings. The van der Waals surface area contributed by atoms with Crippen molar-refractivity contribution < 1.29 is 4.79 Å². The smallest absolute Gasteiger partial charge is 0.274 e. The highest BCUT2D eigenvalue weighted by Crippen LogP contribution is 2.16. The Morgan fingerprint density at radius 2 is 2.14 bits per heavy atom. The van der Waals surface area contributed by atoms with Crippen LogP contribution >= 0.6 is 15.9 Å². The summed E-state index contributed by atoms with van der Waals surface area (Å²) < 4.78 is 0.907. The lowest BCUT2D eigenvalue weighted by atomic mass is 10.1. The molecule has 0 bridgehead atoms. The molecule has 2 N–H and O–H groups in total. The second-order valence-corrected chi connectivity index (χ2v) is 6.25. The Labute approximate surface area is 138 Å². The molecular weight excluding hydrogens is 344 g/mol. The van der Waals surface area contributed by atoms with Gasteiger partial charge in [-0.25, -0.2) is 9.97 Å². The molecule has 5 nitrogen and oxygen atoms in total. The predicted molar refractivity (Wildman–Crippen MR) is 92.1 cm³/mol. The van der Waals surface area contributed by atoms with Crippen LogP contribution in [0.25, 0.3) is 0 Å². The number of benzene rings is 1. The van der Waals surface area contributed by atoms with E-state index in [1.807, 2.05) is 24.3 Å². The van der Waals surface area contributed by atoms with E-state index in [2.05, 4.69) is 50.4 Å². The number of aromatic nitrogens is 2. The van der Waals surface area contributed by atoms with Gasteiger partial charge in [-0.1, -0.05) is 35.8 Å². The van der Waals surface area contributed by atoms with E-state index < -0.39 is 0 Å². The first-order valence-corrected chi connectivity index (χ1v) is 7.98. The number of hydrogen-bond donors (Lipinski definition) is 2. The van der Waals surface area contributed by atoms with Gasteiger partial charge in [-0.15, -0.1) is 0 Å². The lowest BCUT2D eigenvalue weighted by Crippen LogP contribution is -2.16. The summed E-state index contributed by atoms with van der Waals surface area (Å²) in [6, 6.07) is 9.02. The third-order valence-corrected chi connectivity index (χ3v) is 3.47. The average molecular weight is 363 g/mol. The highest BCUT2D eigenvalue weighted by molar-refractivity contribution is 9.10. The standard InChI is InChI=1S/C16H19BrN4O/c1-11(2)6-8-18-16-19-9-7-14(21-16)15(22)20-13-5-3-4-12(17)10-13/h3-5,7,9-11H,6,8H2,1-2H3,(H,20,22)(H,18,19,21). The summed E-state index contributed by atoms with van der Waals surface area (Å²) in [5.74, 6) is 0.825. The average Bonchev–Trinajstić information content (AvgIpc) is 2.47. The van der Waals surface area contributed by atoms with E-state index in [-0.39, 0.29) is 5.91 Å². The van der Waals surface area contributed by atoms with E-state index in [0.717, 1.165) is 17.4 Å². The zero-order valence-corrected chi connectivity index (χ0v) is 14.2. The quantitative estimate of drug-likeness (QED) is 0.816. The molecule has 2 aromatic rings. The van der Waals surface area contributed by atoms with Gasteiger partial charge in [-0.2, -0.15) is 0 Å². The maximum atomic E-state index is 12.2. The summed E-state index contributed by atoms with van der Waals surface area (Å²) in [5.41, 5.74) is 1.05. The van der Waals surface area contributed by atoms with Crippen LogP contribution in [0.4, 0.5) is 11.6 Å². The monoisotopic (exact) mass is 362 g/mol. The van der Waals surface area contributed by atoms with Gasteiger partial charge in [0.15, 0.2) is 0 Å². The Kier molecular flexibility index (Phi) is 5.89.